The molecule has 0 radical (unpaired) electrons. The van der Waals surface area contributed by atoms with Crippen LogP contribution in [-0.2, 0) is 27.2 Å². The molecule has 65 heavy (non-hydrogen) atoms. The smallest absolute Gasteiger partial charge is 0.259 e. The second-order valence-electron chi connectivity index (χ2n) is 15.1. The Morgan fingerprint density at radius 3 is 1.98 bits per heavy atom. The largest absolute Gasteiger partial charge is 0.504 e. The van der Waals surface area contributed by atoms with Gasteiger partial charge in [-0.15, -0.1) is 0 Å². The number of phenolic OH excluding ortho intramolecular Hbond substituents is 2. The Morgan fingerprint density at radius 1 is 0.769 bits per heavy atom. The van der Waals surface area contributed by atoms with E-state index >= 15 is 0 Å². The molecule has 5 aromatic carbocycles. The van der Waals surface area contributed by atoms with Crippen molar-refractivity contribution in [2.24, 2.45) is 5.92 Å². The van der Waals surface area contributed by atoms with Gasteiger partial charge in [-0.1, -0.05) is 36.4 Å². The highest BCUT2D eigenvalue weighted by Crippen LogP contribution is 2.41. The van der Waals surface area contributed by atoms with E-state index in [-0.39, 0.29) is 82.0 Å². The fraction of sp³-hybridized carbons (Fsp3) is 0.184. The van der Waals surface area contributed by atoms with E-state index in [4.69, 9.17) is 9.47 Å². The van der Waals surface area contributed by atoms with Crippen LogP contribution in [0, 0.1) is 17.2 Å². The number of allylic oxidation sites excluding steroid dienone is 1. The van der Waals surface area contributed by atoms with Gasteiger partial charge < -0.3 is 41.0 Å². The summed E-state index contributed by atoms with van der Waals surface area (Å²) < 4.78 is 10.5. The van der Waals surface area contributed by atoms with E-state index in [2.05, 4.69) is 21.3 Å². The minimum Gasteiger partial charge on any atom is -0.504 e. The number of fused-ring (bicyclic) bond motifs is 1. The van der Waals surface area contributed by atoms with Gasteiger partial charge in [0.25, 0.3) is 11.8 Å². The number of aromatic hydroxyl groups is 2. The van der Waals surface area contributed by atoms with Crippen molar-refractivity contribution in [3.63, 3.8) is 0 Å². The number of phenols is 2. The molecule has 1 atom stereocenters. The first kappa shape index (κ1) is 45.9. The van der Waals surface area contributed by atoms with Crippen LogP contribution >= 0.6 is 0 Å². The summed E-state index contributed by atoms with van der Waals surface area (Å²) in [5.41, 5.74) is 4.13. The predicted octanol–water partition coefficient (Wildman–Crippen LogP) is 7.27. The van der Waals surface area contributed by atoms with Crippen molar-refractivity contribution >= 4 is 69.8 Å². The monoisotopic (exact) mass is 877 g/mol. The predicted molar refractivity (Wildman–Crippen MR) is 241 cm³/mol. The Kier molecular flexibility index (Phi) is 14.2. The van der Waals surface area contributed by atoms with Crippen LogP contribution in [0.3, 0.4) is 0 Å². The molecule has 6 rings (SSSR count). The van der Waals surface area contributed by atoms with Crippen molar-refractivity contribution in [1.82, 2.24) is 0 Å². The van der Waals surface area contributed by atoms with Crippen molar-refractivity contribution in [2.45, 2.75) is 39.5 Å². The number of anilines is 4. The summed E-state index contributed by atoms with van der Waals surface area (Å²) in [6, 6.07) is 25.0. The molecule has 5 aromatic rings. The molecule has 1 heterocycles. The van der Waals surface area contributed by atoms with Crippen LogP contribution in [0.5, 0.6) is 23.0 Å². The zero-order chi connectivity index (χ0) is 46.9. The number of carbonyl (C=O) groups is 7. The zero-order valence-corrected chi connectivity index (χ0v) is 35.7. The summed E-state index contributed by atoms with van der Waals surface area (Å²) in [6.45, 7) is 2.97. The van der Waals surface area contributed by atoms with E-state index < -0.39 is 40.9 Å². The third kappa shape index (κ3) is 10.7. The van der Waals surface area contributed by atoms with Crippen LogP contribution in [0.4, 0.5) is 22.7 Å². The quantitative estimate of drug-likeness (QED) is 0.0399. The maximum Gasteiger partial charge on any atom is 0.259 e. The molecular formula is C49H43N5O11. The first-order valence-corrected chi connectivity index (χ1v) is 20.1. The lowest BCUT2D eigenvalue weighted by atomic mass is 9.94. The topological polar surface area (TPSA) is 250 Å². The fourth-order valence-electron chi connectivity index (χ4n) is 7.05. The molecule has 330 valence electrons. The van der Waals surface area contributed by atoms with E-state index in [1.807, 2.05) is 24.3 Å². The number of nitriles is 1. The molecular weight excluding hydrogens is 835 g/mol. The van der Waals surface area contributed by atoms with Crippen LogP contribution in [0.1, 0.15) is 84.8 Å². The maximum atomic E-state index is 13.3. The average molecular weight is 878 g/mol. The summed E-state index contributed by atoms with van der Waals surface area (Å²) in [5.74, 6) is -5.50. The van der Waals surface area contributed by atoms with Crippen molar-refractivity contribution in [1.29, 1.82) is 5.26 Å². The van der Waals surface area contributed by atoms with E-state index in [9.17, 15) is 49.0 Å². The standard InChI is InChI=1S/C49H43N5O11/c1-26(21-29-7-10-32-25-42(58)52-39(32)22-29)40(56)23-28-5-8-30(9-6-28)41(57)24-33(19-20-50)48(62)51-34-13-11-31(12-14-34)47(61)53-37-18-16-36(44(60)46(37)65-4)49(63)54-38-17-15-35(27(2)55)43(59)45(38)64-3/h5-18,21-22,33,59-60H,19,23-25H2,1-4H3,(H,51,62)(H,52,58)(H,53,61)(H,54,63)/b26-21+/t33-/m1/s1. The summed E-state index contributed by atoms with van der Waals surface area (Å²) >= 11 is 0. The van der Waals surface area contributed by atoms with Gasteiger partial charge in [-0.2, -0.15) is 5.26 Å². The van der Waals surface area contributed by atoms with Gasteiger partial charge in [0.05, 0.1) is 55.1 Å². The number of nitrogens with zero attached hydrogens (tertiary/aromatic N) is 1. The normalized spacial score (nSPS) is 12.2. The van der Waals surface area contributed by atoms with Crippen LogP contribution in [0.25, 0.3) is 6.08 Å². The lowest BCUT2D eigenvalue weighted by Crippen LogP contribution is -2.25. The molecule has 0 saturated heterocycles. The average Bonchev–Trinajstić information content (AvgIpc) is 3.65. The van der Waals surface area contributed by atoms with E-state index in [0.29, 0.717) is 23.1 Å². The van der Waals surface area contributed by atoms with E-state index in [1.54, 1.807) is 37.3 Å². The van der Waals surface area contributed by atoms with Gasteiger partial charge in [-0.3, -0.25) is 33.6 Å². The second kappa shape index (κ2) is 20.1. The summed E-state index contributed by atoms with van der Waals surface area (Å²) in [7, 11) is 2.47. The number of nitrogens with one attached hydrogen (secondary N) is 4. The molecule has 16 heteroatoms. The molecule has 1 aliphatic rings. The minimum atomic E-state index is -0.997. The number of methoxy groups -OCH3 is 2. The molecule has 16 nitrogen and oxygen atoms in total. The Bertz CT molecular complexity index is 2830. The highest BCUT2D eigenvalue weighted by atomic mass is 16.5. The first-order chi connectivity index (χ1) is 31.1. The molecule has 0 aliphatic carbocycles. The first-order valence-electron chi connectivity index (χ1n) is 20.1. The highest BCUT2D eigenvalue weighted by Gasteiger charge is 2.25. The summed E-state index contributed by atoms with van der Waals surface area (Å²) in [6.07, 6.45) is 1.67. The van der Waals surface area contributed by atoms with Crippen molar-refractivity contribution in [2.75, 3.05) is 35.5 Å². The van der Waals surface area contributed by atoms with E-state index in [1.165, 1.54) is 69.7 Å². The van der Waals surface area contributed by atoms with Crippen LogP contribution in [0.15, 0.2) is 96.6 Å². The minimum absolute atomic E-state index is 0.0172. The highest BCUT2D eigenvalue weighted by molar-refractivity contribution is 6.11. The van der Waals surface area contributed by atoms with Crippen molar-refractivity contribution < 1.29 is 53.2 Å². The number of amides is 4. The molecule has 0 unspecified atom stereocenters. The van der Waals surface area contributed by atoms with Gasteiger partial charge >= 0.3 is 0 Å². The number of Topliss-reactive ketones (excluding diaryl/α,β-unsaturated/α-hetero) is 3. The molecule has 0 fully saturated rings. The lowest BCUT2D eigenvalue weighted by Gasteiger charge is -2.16. The molecule has 0 saturated carbocycles. The number of carbonyl (C=O) groups excluding carboxylic acids is 7. The number of rotatable bonds is 17. The molecule has 0 bridgehead atoms. The lowest BCUT2D eigenvalue weighted by molar-refractivity contribution is -0.119. The van der Waals surface area contributed by atoms with Gasteiger partial charge in [0, 0.05) is 41.8 Å². The zero-order valence-electron chi connectivity index (χ0n) is 35.7. The number of ketones is 3. The van der Waals surface area contributed by atoms with Gasteiger partial charge in [0.2, 0.25) is 11.8 Å². The second-order valence-corrected chi connectivity index (χ2v) is 15.1. The third-order valence-corrected chi connectivity index (χ3v) is 10.6. The Labute approximate surface area is 372 Å². The Balaban J connectivity index is 1.03. The van der Waals surface area contributed by atoms with Gasteiger partial charge in [0.15, 0.2) is 40.3 Å². The molecule has 4 amide bonds. The third-order valence-electron chi connectivity index (χ3n) is 10.6. The van der Waals surface area contributed by atoms with Crippen LogP contribution in [-0.4, -0.2) is 65.4 Å². The Hall–Kier alpha value is -8.58. The maximum absolute atomic E-state index is 13.3. The number of hydrogen-bond acceptors (Lipinski definition) is 12. The van der Waals surface area contributed by atoms with Gasteiger partial charge in [0.1, 0.15) is 0 Å². The molecule has 1 aliphatic heterocycles. The van der Waals surface area contributed by atoms with E-state index in [0.717, 1.165) is 16.8 Å². The van der Waals surface area contributed by atoms with Gasteiger partial charge in [-0.05, 0) is 96.8 Å². The molecule has 0 spiro atoms. The van der Waals surface area contributed by atoms with Crippen LogP contribution in [0.2, 0.25) is 0 Å². The van der Waals surface area contributed by atoms with Gasteiger partial charge in [-0.25, -0.2) is 0 Å². The van der Waals surface area contributed by atoms with Crippen molar-refractivity contribution in [3.05, 3.63) is 136 Å². The number of ether oxygens (including phenoxy) is 2. The SMILES string of the molecule is COc1c(NC(=O)c2ccc(NC(=O)c3ccc(NC(=O)[C@H](CC#N)CC(=O)c4ccc(CC(=O)/C(C)=C/c5ccc6c(c5)NC(=O)C6)cc4)cc3)c(OC)c2O)ccc(C(C)=O)c1O. The molecule has 6 N–H and O–H groups in total. The molecule has 0 aromatic heterocycles. The van der Waals surface area contributed by atoms with Crippen molar-refractivity contribution in [3.8, 4) is 29.1 Å². The Morgan fingerprint density at radius 2 is 1.37 bits per heavy atom. The van der Waals surface area contributed by atoms with Crippen LogP contribution < -0.4 is 30.7 Å². The summed E-state index contributed by atoms with van der Waals surface area (Å²) in [5, 5.41) is 41.5. The summed E-state index contributed by atoms with van der Waals surface area (Å²) in [4.78, 5) is 89.5. The fourth-order valence-corrected chi connectivity index (χ4v) is 7.05. The number of hydrogen-bond donors (Lipinski definition) is 6. The number of benzene rings is 5.